The number of imide groups is 1. The Morgan fingerprint density at radius 2 is 1.85 bits per heavy atom. The average Bonchev–Trinajstić information content (AvgIpc) is 2.95. The lowest BCUT2D eigenvalue weighted by Gasteiger charge is -2.14. The van der Waals surface area contributed by atoms with Crippen LogP contribution in [-0.4, -0.2) is 35.8 Å². The van der Waals surface area contributed by atoms with Crippen molar-refractivity contribution in [2.75, 3.05) is 23.1 Å². The van der Waals surface area contributed by atoms with Crippen LogP contribution >= 0.6 is 11.8 Å². The number of benzene rings is 2. The molecule has 0 spiro atoms. The second-order valence-corrected chi connectivity index (χ2v) is 6.87. The van der Waals surface area contributed by atoms with E-state index in [1.54, 1.807) is 55.6 Å². The fourth-order valence-electron chi connectivity index (χ4n) is 2.63. The summed E-state index contributed by atoms with van der Waals surface area (Å²) in [6, 6.07) is 15.8. The maximum atomic E-state index is 12.5. The second-order valence-electron chi connectivity index (χ2n) is 5.68. The molecule has 0 aromatic heterocycles. The predicted molar refractivity (Wildman–Crippen MR) is 101 cm³/mol. The molecule has 134 valence electrons. The zero-order valence-electron chi connectivity index (χ0n) is 14.2. The number of nitrogens with one attached hydrogen (secondary N) is 1. The third kappa shape index (κ3) is 4.05. The number of nitrogens with zero attached hydrogens (tertiary/aromatic N) is 1. The maximum Gasteiger partial charge on any atom is 0.247 e. The Kier molecular flexibility index (Phi) is 5.58. The average molecular weight is 370 g/mol. The first kappa shape index (κ1) is 18.0. The van der Waals surface area contributed by atoms with Crippen LogP contribution in [0, 0.1) is 0 Å². The predicted octanol–water partition coefficient (Wildman–Crippen LogP) is 2.70. The summed E-state index contributed by atoms with van der Waals surface area (Å²) in [5.41, 5.74) is 1.21. The third-order valence-corrected chi connectivity index (χ3v) is 5.11. The molecule has 26 heavy (non-hydrogen) atoms. The van der Waals surface area contributed by atoms with Gasteiger partial charge in [0.1, 0.15) is 5.75 Å². The number of para-hydroxylation sites is 1. The van der Waals surface area contributed by atoms with Gasteiger partial charge >= 0.3 is 0 Å². The fraction of sp³-hybridized carbons (Fsp3) is 0.211. The molecule has 0 aliphatic carbocycles. The van der Waals surface area contributed by atoms with Gasteiger partial charge in [0.2, 0.25) is 17.7 Å². The summed E-state index contributed by atoms with van der Waals surface area (Å²) in [7, 11) is 1.57. The molecule has 1 fully saturated rings. The Hall–Kier alpha value is -2.80. The summed E-state index contributed by atoms with van der Waals surface area (Å²) in [6.07, 6.45) is 0.105. The van der Waals surface area contributed by atoms with Crippen molar-refractivity contribution >= 4 is 40.9 Å². The molecule has 3 amide bonds. The molecule has 0 bridgehead atoms. The standard InChI is InChI=1S/C19H18N2O4S/c1-25-15-9-7-13(8-10-15)20-17(22)12-26-16-11-18(23)21(19(16)24)14-5-3-2-4-6-14/h2-10,16H,11-12H2,1H3,(H,20,22)/t16-/m1/s1. The van der Waals surface area contributed by atoms with Crippen LogP contribution in [-0.2, 0) is 14.4 Å². The first-order valence-electron chi connectivity index (χ1n) is 8.06. The summed E-state index contributed by atoms with van der Waals surface area (Å²) in [5, 5.41) is 2.22. The van der Waals surface area contributed by atoms with E-state index < -0.39 is 5.25 Å². The summed E-state index contributed by atoms with van der Waals surface area (Å²) < 4.78 is 5.07. The molecule has 1 N–H and O–H groups in total. The van der Waals surface area contributed by atoms with Gasteiger partial charge in [-0.15, -0.1) is 11.8 Å². The Morgan fingerprint density at radius 3 is 2.50 bits per heavy atom. The van der Waals surface area contributed by atoms with E-state index in [1.165, 1.54) is 16.7 Å². The lowest BCUT2D eigenvalue weighted by atomic mass is 10.3. The lowest BCUT2D eigenvalue weighted by molar-refractivity contribution is -0.121. The Labute approximate surface area is 155 Å². The number of anilines is 2. The number of hydrogen-bond donors (Lipinski definition) is 1. The molecule has 0 saturated carbocycles. The topological polar surface area (TPSA) is 75.7 Å². The quantitative estimate of drug-likeness (QED) is 0.792. The zero-order valence-corrected chi connectivity index (χ0v) is 15.0. The van der Waals surface area contributed by atoms with Crippen molar-refractivity contribution in [1.82, 2.24) is 0 Å². The highest BCUT2D eigenvalue weighted by atomic mass is 32.2. The molecule has 1 atom stereocenters. The van der Waals surface area contributed by atoms with E-state index in [0.29, 0.717) is 17.1 Å². The smallest absolute Gasteiger partial charge is 0.247 e. The van der Waals surface area contributed by atoms with Crippen molar-refractivity contribution < 1.29 is 19.1 Å². The zero-order chi connectivity index (χ0) is 18.5. The van der Waals surface area contributed by atoms with Gasteiger partial charge in [-0.05, 0) is 36.4 Å². The molecule has 1 aliphatic rings. The first-order valence-corrected chi connectivity index (χ1v) is 9.10. The number of amides is 3. The van der Waals surface area contributed by atoms with Gasteiger partial charge in [0.25, 0.3) is 0 Å². The number of rotatable bonds is 6. The van der Waals surface area contributed by atoms with Crippen LogP contribution in [0.15, 0.2) is 54.6 Å². The molecule has 3 rings (SSSR count). The number of ether oxygens (including phenoxy) is 1. The van der Waals surface area contributed by atoms with Crippen LogP contribution in [0.25, 0.3) is 0 Å². The van der Waals surface area contributed by atoms with Crippen LogP contribution in [0.1, 0.15) is 6.42 Å². The molecule has 7 heteroatoms. The Bertz CT molecular complexity index is 808. The van der Waals surface area contributed by atoms with E-state index in [-0.39, 0.29) is 29.9 Å². The summed E-state index contributed by atoms with van der Waals surface area (Å²) in [5.74, 6) is 0.0583. The van der Waals surface area contributed by atoms with Crippen LogP contribution < -0.4 is 15.0 Å². The molecule has 1 aliphatic heterocycles. The van der Waals surface area contributed by atoms with Crippen LogP contribution in [0.2, 0.25) is 0 Å². The molecule has 1 saturated heterocycles. The number of methoxy groups -OCH3 is 1. The van der Waals surface area contributed by atoms with E-state index in [9.17, 15) is 14.4 Å². The van der Waals surface area contributed by atoms with Crippen molar-refractivity contribution in [3.8, 4) is 5.75 Å². The highest BCUT2D eigenvalue weighted by Crippen LogP contribution is 2.29. The minimum atomic E-state index is -0.538. The van der Waals surface area contributed by atoms with Gasteiger partial charge in [0, 0.05) is 12.1 Å². The van der Waals surface area contributed by atoms with Crippen molar-refractivity contribution in [3.05, 3.63) is 54.6 Å². The van der Waals surface area contributed by atoms with Crippen LogP contribution in [0.3, 0.4) is 0 Å². The lowest BCUT2D eigenvalue weighted by Crippen LogP contribution is -2.31. The van der Waals surface area contributed by atoms with Crippen LogP contribution in [0.5, 0.6) is 5.75 Å². The van der Waals surface area contributed by atoms with Crippen molar-refractivity contribution in [3.63, 3.8) is 0 Å². The highest BCUT2D eigenvalue weighted by Gasteiger charge is 2.39. The number of thioether (sulfide) groups is 1. The number of hydrogen-bond acceptors (Lipinski definition) is 5. The van der Waals surface area contributed by atoms with Gasteiger partial charge in [-0.3, -0.25) is 14.4 Å². The van der Waals surface area contributed by atoms with Gasteiger partial charge < -0.3 is 10.1 Å². The first-order chi connectivity index (χ1) is 12.6. The van der Waals surface area contributed by atoms with Crippen molar-refractivity contribution in [2.24, 2.45) is 0 Å². The summed E-state index contributed by atoms with van der Waals surface area (Å²) in [6.45, 7) is 0. The summed E-state index contributed by atoms with van der Waals surface area (Å²) in [4.78, 5) is 38.0. The van der Waals surface area contributed by atoms with Gasteiger partial charge in [-0.1, -0.05) is 18.2 Å². The van der Waals surface area contributed by atoms with E-state index >= 15 is 0 Å². The molecule has 0 radical (unpaired) electrons. The van der Waals surface area contributed by atoms with Gasteiger partial charge in [0.15, 0.2) is 0 Å². The third-order valence-electron chi connectivity index (χ3n) is 3.91. The molecule has 0 unspecified atom stereocenters. The number of carbonyl (C=O) groups is 3. The molecular formula is C19H18N2O4S. The van der Waals surface area contributed by atoms with E-state index in [0.717, 1.165) is 0 Å². The van der Waals surface area contributed by atoms with E-state index in [2.05, 4.69) is 5.32 Å². The maximum absolute atomic E-state index is 12.5. The molecular weight excluding hydrogens is 352 g/mol. The Morgan fingerprint density at radius 1 is 1.15 bits per heavy atom. The molecule has 6 nitrogen and oxygen atoms in total. The minimum Gasteiger partial charge on any atom is -0.497 e. The van der Waals surface area contributed by atoms with Gasteiger partial charge in [0.05, 0.1) is 23.8 Å². The SMILES string of the molecule is COc1ccc(NC(=O)CS[C@@H]2CC(=O)N(c3ccccc3)C2=O)cc1. The fourth-order valence-corrected chi connectivity index (χ4v) is 3.56. The molecule has 1 heterocycles. The van der Waals surface area contributed by atoms with E-state index in [4.69, 9.17) is 4.74 Å². The second kappa shape index (κ2) is 8.05. The van der Waals surface area contributed by atoms with E-state index in [1.807, 2.05) is 6.07 Å². The van der Waals surface area contributed by atoms with Gasteiger partial charge in [-0.2, -0.15) is 0 Å². The van der Waals surface area contributed by atoms with Crippen molar-refractivity contribution in [1.29, 1.82) is 0 Å². The minimum absolute atomic E-state index is 0.0956. The monoisotopic (exact) mass is 370 g/mol. The largest absolute Gasteiger partial charge is 0.497 e. The summed E-state index contributed by atoms with van der Waals surface area (Å²) >= 11 is 1.18. The Balaban J connectivity index is 1.55. The van der Waals surface area contributed by atoms with Gasteiger partial charge in [-0.25, -0.2) is 4.90 Å². The highest BCUT2D eigenvalue weighted by molar-refractivity contribution is 8.01. The van der Waals surface area contributed by atoms with Crippen LogP contribution in [0.4, 0.5) is 11.4 Å². The molecule has 2 aromatic carbocycles. The number of carbonyl (C=O) groups excluding carboxylic acids is 3. The molecule has 2 aromatic rings. The van der Waals surface area contributed by atoms with Crippen molar-refractivity contribution in [2.45, 2.75) is 11.7 Å². The normalized spacial score (nSPS) is 16.7.